The van der Waals surface area contributed by atoms with Crippen LogP contribution in [0.3, 0.4) is 0 Å². The molecular formula is C18H26N4O4S. The summed E-state index contributed by atoms with van der Waals surface area (Å²) in [4.78, 5) is 41.7. The van der Waals surface area contributed by atoms with Crippen molar-refractivity contribution in [2.45, 2.75) is 49.5 Å². The number of carbonyl (C=O) groups excluding carboxylic acids is 3. The highest BCUT2D eigenvalue weighted by atomic mass is 32.2. The van der Waals surface area contributed by atoms with Crippen molar-refractivity contribution < 1.29 is 19.1 Å². The molecule has 4 aliphatic rings. The molecule has 8 nitrogen and oxygen atoms in total. The number of ether oxygens (including phenoxy) is 1. The minimum atomic E-state index is -0.475. The van der Waals surface area contributed by atoms with Gasteiger partial charge in [-0.05, 0) is 12.8 Å². The Morgan fingerprint density at radius 2 is 2.07 bits per heavy atom. The van der Waals surface area contributed by atoms with E-state index < -0.39 is 12.1 Å². The van der Waals surface area contributed by atoms with E-state index in [-0.39, 0.29) is 35.9 Å². The molecule has 0 bridgehead atoms. The molecule has 4 fully saturated rings. The Bertz CT molecular complexity index is 639. The number of rotatable bonds is 5. The number of thioether (sulfide) groups is 1. The van der Waals surface area contributed by atoms with Gasteiger partial charge in [0.1, 0.15) is 12.1 Å². The summed E-state index contributed by atoms with van der Waals surface area (Å²) in [5, 5.41) is 6.23. The molecular weight excluding hydrogens is 368 g/mol. The van der Waals surface area contributed by atoms with Gasteiger partial charge in [0.25, 0.3) is 0 Å². The van der Waals surface area contributed by atoms with E-state index in [0.717, 1.165) is 11.6 Å². The van der Waals surface area contributed by atoms with Gasteiger partial charge in [-0.3, -0.25) is 19.7 Å². The zero-order chi connectivity index (χ0) is 19.0. The summed E-state index contributed by atoms with van der Waals surface area (Å²) in [6.07, 6.45) is 3.27. The van der Waals surface area contributed by atoms with Gasteiger partial charge >= 0.3 is 0 Å². The van der Waals surface area contributed by atoms with Crippen molar-refractivity contribution in [2.24, 2.45) is 0 Å². The Balaban J connectivity index is 1.40. The Morgan fingerprint density at radius 1 is 1.30 bits per heavy atom. The molecule has 0 radical (unpaired) electrons. The summed E-state index contributed by atoms with van der Waals surface area (Å²) >= 11 is 1.70. The van der Waals surface area contributed by atoms with Crippen LogP contribution in [0.2, 0.25) is 0 Å². The molecule has 0 aliphatic carbocycles. The Kier molecular flexibility index (Phi) is 5.43. The number of carbonyl (C=O) groups is 3. The summed E-state index contributed by atoms with van der Waals surface area (Å²) in [6, 6.07) is -1.12. The Labute approximate surface area is 163 Å². The first-order chi connectivity index (χ1) is 13.1. The van der Waals surface area contributed by atoms with Crippen molar-refractivity contribution in [3.63, 3.8) is 0 Å². The molecule has 0 aromatic carbocycles. The molecule has 5 atom stereocenters. The van der Waals surface area contributed by atoms with Crippen molar-refractivity contribution in [3.8, 4) is 0 Å². The highest BCUT2D eigenvalue weighted by molar-refractivity contribution is 7.99. The van der Waals surface area contributed by atoms with Crippen LogP contribution in [-0.2, 0) is 19.1 Å². The minimum absolute atomic E-state index is 0.00928. The van der Waals surface area contributed by atoms with E-state index in [1.807, 2.05) is 0 Å². The molecule has 0 spiro atoms. The second-order valence-corrected chi connectivity index (χ2v) is 8.57. The molecule has 4 aliphatic heterocycles. The summed E-state index contributed by atoms with van der Waals surface area (Å²) < 4.78 is 5.68. The van der Waals surface area contributed by atoms with Crippen LogP contribution < -0.4 is 10.6 Å². The minimum Gasteiger partial charge on any atom is -0.372 e. The van der Waals surface area contributed by atoms with Gasteiger partial charge in [0.05, 0.1) is 18.8 Å². The molecule has 4 rings (SSSR count). The summed E-state index contributed by atoms with van der Waals surface area (Å²) in [7, 11) is 0. The Morgan fingerprint density at radius 3 is 2.81 bits per heavy atom. The first-order valence-corrected chi connectivity index (χ1v) is 10.7. The molecule has 27 heavy (non-hydrogen) atoms. The van der Waals surface area contributed by atoms with Crippen LogP contribution in [0.15, 0.2) is 12.7 Å². The molecule has 2 N–H and O–H groups in total. The second kappa shape index (κ2) is 7.81. The fraction of sp³-hybridized carbons (Fsp3) is 0.722. The lowest BCUT2D eigenvalue weighted by atomic mass is 9.92. The number of hydrogen-bond acceptors (Lipinski definition) is 6. The summed E-state index contributed by atoms with van der Waals surface area (Å²) in [6.45, 7) is 5.02. The average molecular weight is 394 g/mol. The molecule has 3 amide bonds. The van der Waals surface area contributed by atoms with Crippen LogP contribution >= 0.6 is 11.8 Å². The fourth-order valence-corrected chi connectivity index (χ4v) is 5.38. The maximum Gasteiger partial charge on any atom is 0.246 e. The molecule has 148 valence electrons. The zero-order valence-electron chi connectivity index (χ0n) is 15.3. The lowest BCUT2D eigenvalue weighted by Gasteiger charge is -2.46. The molecule has 0 aromatic rings. The van der Waals surface area contributed by atoms with Gasteiger partial charge in [-0.2, -0.15) is 0 Å². The van der Waals surface area contributed by atoms with Gasteiger partial charge in [-0.25, -0.2) is 0 Å². The standard InChI is InChI=1S/C18H26N4O4S/c1-2-5-26-12-7-15-17(24)21-4-3-11(6-14(21)18(25)22(15)8-12)20-16(23)13-9-27-10-19-13/h2,11-15,19H,1,3-10H2,(H,20,23)/t11-,12+,13-,14-,15-/m0/s1. The van der Waals surface area contributed by atoms with Crippen molar-refractivity contribution in [2.75, 3.05) is 31.3 Å². The third-order valence-corrected chi connectivity index (χ3v) is 6.77. The number of amides is 3. The topological polar surface area (TPSA) is 91.0 Å². The number of nitrogens with one attached hydrogen (secondary N) is 2. The van der Waals surface area contributed by atoms with E-state index in [1.54, 1.807) is 27.6 Å². The van der Waals surface area contributed by atoms with Crippen molar-refractivity contribution in [1.82, 2.24) is 20.4 Å². The van der Waals surface area contributed by atoms with Crippen LogP contribution in [0, 0.1) is 0 Å². The SMILES string of the molecule is C=CCO[C@@H]1C[C@H]2C(=O)N3CC[C@H](NC(=O)[C@@H]4CSCN4)C[C@H]3C(=O)N2C1. The van der Waals surface area contributed by atoms with Gasteiger partial charge in [0.15, 0.2) is 0 Å². The maximum absolute atomic E-state index is 13.0. The lowest BCUT2D eigenvalue weighted by molar-refractivity contribution is -0.162. The average Bonchev–Trinajstić information content (AvgIpc) is 3.34. The van der Waals surface area contributed by atoms with Gasteiger partial charge < -0.3 is 19.9 Å². The van der Waals surface area contributed by atoms with Crippen LogP contribution in [0.5, 0.6) is 0 Å². The quantitative estimate of drug-likeness (QED) is 0.600. The first kappa shape index (κ1) is 18.8. The third-order valence-electron chi connectivity index (χ3n) is 5.83. The van der Waals surface area contributed by atoms with E-state index in [0.29, 0.717) is 39.0 Å². The highest BCUT2D eigenvalue weighted by Crippen LogP contribution is 2.32. The lowest BCUT2D eigenvalue weighted by Crippen LogP contribution is -2.66. The highest BCUT2D eigenvalue weighted by Gasteiger charge is 2.52. The van der Waals surface area contributed by atoms with Crippen molar-refractivity contribution in [3.05, 3.63) is 12.7 Å². The molecule has 0 unspecified atom stereocenters. The van der Waals surface area contributed by atoms with Crippen LogP contribution in [0.1, 0.15) is 19.3 Å². The van der Waals surface area contributed by atoms with E-state index in [4.69, 9.17) is 4.74 Å². The second-order valence-electron chi connectivity index (χ2n) is 7.54. The van der Waals surface area contributed by atoms with E-state index in [2.05, 4.69) is 17.2 Å². The predicted molar refractivity (Wildman–Crippen MR) is 101 cm³/mol. The smallest absolute Gasteiger partial charge is 0.246 e. The Hall–Kier alpha value is -1.58. The number of fused-ring (bicyclic) bond motifs is 2. The molecule has 4 saturated heterocycles. The normalized spacial score (nSPS) is 35.8. The molecule has 9 heteroatoms. The summed E-state index contributed by atoms with van der Waals surface area (Å²) in [5.74, 6) is 1.55. The summed E-state index contributed by atoms with van der Waals surface area (Å²) in [5.41, 5.74) is 0. The van der Waals surface area contributed by atoms with Crippen molar-refractivity contribution >= 4 is 29.5 Å². The number of piperidine rings is 1. The third kappa shape index (κ3) is 3.60. The van der Waals surface area contributed by atoms with E-state index in [9.17, 15) is 14.4 Å². The van der Waals surface area contributed by atoms with E-state index in [1.165, 1.54) is 0 Å². The molecule has 0 aromatic heterocycles. The fourth-order valence-electron chi connectivity index (χ4n) is 4.44. The largest absolute Gasteiger partial charge is 0.372 e. The van der Waals surface area contributed by atoms with Crippen LogP contribution in [0.25, 0.3) is 0 Å². The monoisotopic (exact) mass is 394 g/mol. The van der Waals surface area contributed by atoms with Crippen LogP contribution in [-0.4, -0.2) is 89.1 Å². The van der Waals surface area contributed by atoms with Crippen molar-refractivity contribution in [1.29, 1.82) is 0 Å². The van der Waals surface area contributed by atoms with Gasteiger partial charge in [0, 0.05) is 37.2 Å². The van der Waals surface area contributed by atoms with Gasteiger partial charge in [0.2, 0.25) is 17.7 Å². The van der Waals surface area contributed by atoms with Gasteiger partial charge in [-0.15, -0.1) is 18.3 Å². The van der Waals surface area contributed by atoms with Gasteiger partial charge in [-0.1, -0.05) is 6.08 Å². The first-order valence-electron chi connectivity index (χ1n) is 9.53. The number of piperazine rings is 1. The van der Waals surface area contributed by atoms with E-state index >= 15 is 0 Å². The molecule has 0 saturated carbocycles. The number of hydrogen-bond donors (Lipinski definition) is 2. The molecule has 4 heterocycles. The zero-order valence-corrected chi connectivity index (χ0v) is 16.1. The number of nitrogens with zero attached hydrogens (tertiary/aromatic N) is 2. The maximum atomic E-state index is 13.0. The predicted octanol–water partition coefficient (Wildman–Crippen LogP) is -0.690. The van der Waals surface area contributed by atoms with Crippen LogP contribution in [0.4, 0.5) is 0 Å².